The molecule has 0 fully saturated rings. The normalized spacial score (nSPS) is 11.9. The first-order chi connectivity index (χ1) is 6.75. The Kier molecular flexibility index (Phi) is 5.88. The van der Waals surface area contributed by atoms with Gasteiger partial charge >= 0.3 is 0 Å². The lowest BCUT2D eigenvalue weighted by atomic mass is 10.1. The third-order valence-corrected chi connectivity index (χ3v) is 2.63. The summed E-state index contributed by atoms with van der Waals surface area (Å²) in [6.07, 6.45) is 2.75. The Morgan fingerprint density at radius 1 is 1.07 bits per heavy atom. The van der Waals surface area contributed by atoms with Gasteiger partial charge in [0.15, 0.2) is 0 Å². The van der Waals surface area contributed by atoms with E-state index < -0.39 is 0 Å². The van der Waals surface area contributed by atoms with E-state index in [9.17, 15) is 4.79 Å². The first-order valence-corrected chi connectivity index (χ1v) is 5.66. The Hall–Kier alpha value is -0.570. The molecule has 0 aliphatic heterocycles. The molecule has 15 heavy (non-hydrogen) atoms. The number of unbranched alkanes of at least 4 members (excludes halogenated alkanes) is 1. The van der Waals surface area contributed by atoms with Crippen LogP contribution in [0.1, 0.15) is 40.0 Å². The maximum Gasteiger partial charge on any atom is 0.222 e. The van der Waals surface area contributed by atoms with Crippen LogP contribution in [0.15, 0.2) is 0 Å². The molecule has 0 aromatic heterocycles. The average Bonchev–Trinajstić information content (AvgIpc) is 2.09. The van der Waals surface area contributed by atoms with E-state index in [4.69, 9.17) is 0 Å². The van der Waals surface area contributed by atoms with Crippen LogP contribution in [0.4, 0.5) is 0 Å². The molecule has 0 heterocycles. The molecule has 0 radical (unpaired) electrons. The summed E-state index contributed by atoms with van der Waals surface area (Å²) >= 11 is 0. The van der Waals surface area contributed by atoms with Crippen molar-refractivity contribution in [3.05, 3.63) is 0 Å². The summed E-state index contributed by atoms with van der Waals surface area (Å²) in [5, 5.41) is 0. The Morgan fingerprint density at radius 3 is 2.00 bits per heavy atom. The number of nitrogens with zero attached hydrogens (tertiary/aromatic N) is 2. The van der Waals surface area contributed by atoms with Gasteiger partial charge in [-0.15, -0.1) is 0 Å². The van der Waals surface area contributed by atoms with Gasteiger partial charge in [0.1, 0.15) is 0 Å². The summed E-state index contributed by atoms with van der Waals surface area (Å²) < 4.78 is 0. The maximum atomic E-state index is 11.7. The number of hydrogen-bond donors (Lipinski definition) is 0. The van der Waals surface area contributed by atoms with Gasteiger partial charge in [-0.05, 0) is 54.3 Å². The Bertz CT molecular complexity index is 194. The van der Waals surface area contributed by atoms with Gasteiger partial charge in [-0.2, -0.15) is 0 Å². The summed E-state index contributed by atoms with van der Waals surface area (Å²) in [6.45, 7) is 7.24. The minimum atomic E-state index is -0.0569. The van der Waals surface area contributed by atoms with Crippen LogP contribution < -0.4 is 0 Å². The molecule has 3 nitrogen and oxygen atoms in total. The zero-order valence-electron chi connectivity index (χ0n) is 11.1. The lowest BCUT2D eigenvalue weighted by Gasteiger charge is -2.32. The number of hydrogen-bond acceptors (Lipinski definition) is 2. The van der Waals surface area contributed by atoms with Gasteiger partial charge < -0.3 is 9.80 Å². The van der Waals surface area contributed by atoms with E-state index in [0.29, 0.717) is 6.42 Å². The first kappa shape index (κ1) is 14.4. The molecule has 3 heteroatoms. The van der Waals surface area contributed by atoms with E-state index in [0.717, 1.165) is 19.4 Å². The van der Waals surface area contributed by atoms with Gasteiger partial charge in [-0.3, -0.25) is 4.79 Å². The van der Waals surface area contributed by atoms with Gasteiger partial charge in [-0.1, -0.05) is 0 Å². The van der Waals surface area contributed by atoms with Gasteiger partial charge in [-0.25, -0.2) is 0 Å². The molecule has 0 atom stereocenters. The number of amides is 1. The lowest BCUT2D eigenvalue weighted by molar-refractivity contribution is -0.134. The zero-order chi connectivity index (χ0) is 12.1. The van der Waals surface area contributed by atoms with Crippen molar-refractivity contribution >= 4 is 5.91 Å². The minimum Gasteiger partial charge on any atom is -0.341 e. The molecular formula is C12H26N2O. The predicted molar refractivity (Wildman–Crippen MR) is 64.9 cm³/mol. The van der Waals surface area contributed by atoms with Crippen molar-refractivity contribution in [1.29, 1.82) is 0 Å². The van der Waals surface area contributed by atoms with Crippen LogP contribution in [-0.4, -0.2) is 48.9 Å². The second kappa shape index (κ2) is 6.11. The molecular weight excluding hydrogens is 188 g/mol. The third-order valence-electron chi connectivity index (χ3n) is 2.63. The maximum absolute atomic E-state index is 11.7. The van der Waals surface area contributed by atoms with Crippen LogP contribution in [0, 0.1) is 0 Å². The van der Waals surface area contributed by atoms with Crippen molar-refractivity contribution in [2.24, 2.45) is 0 Å². The second-order valence-electron chi connectivity index (χ2n) is 5.38. The van der Waals surface area contributed by atoms with Crippen molar-refractivity contribution in [3.8, 4) is 0 Å². The highest BCUT2D eigenvalue weighted by atomic mass is 16.2. The third kappa shape index (κ3) is 6.50. The number of carbonyl (C=O) groups excluding carboxylic acids is 1. The molecule has 0 aliphatic carbocycles. The van der Waals surface area contributed by atoms with Crippen LogP contribution in [0.25, 0.3) is 0 Å². The van der Waals surface area contributed by atoms with Crippen molar-refractivity contribution in [3.63, 3.8) is 0 Å². The van der Waals surface area contributed by atoms with Gasteiger partial charge in [0.25, 0.3) is 0 Å². The van der Waals surface area contributed by atoms with Crippen molar-refractivity contribution in [1.82, 2.24) is 9.80 Å². The molecule has 0 aliphatic rings. The quantitative estimate of drug-likeness (QED) is 0.653. The monoisotopic (exact) mass is 214 g/mol. The summed E-state index contributed by atoms with van der Waals surface area (Å²) in [4.78, 5) is 15.7. The molecule has 0 aromatic rings. The topological polar surface area (TPSA) is 23.6 Å². The molecule has 0 saturated heterocycles. The standard InChI is InChI=1S/C12H26N2O/c1-12(2,3)14(6)11(15)9-7-8-10-13(4)5/h7-10H2,1-6H3. The second-order valence-corrected chi connectivity index (χ2v) is 5.38. The average molecular weight is 214 g/mol. The van der Waals surface area contributed by atoms with Crippen LogP contribution in [-0.2, 0) is 4.79 Å². The molecule has 90 valence electrons. The van der Waals surface area contributed by atoms with Crippen molar-refractivity contribution < 1.29 is 4.79 Å². The first-order valence-electron chi connectivity index (χ1n) is 5.66. The Morgan fingerprint density at radius 2 is 1.60 bits per heavy atom. The largest absolute Gasteiger partial charge is 0.341 e. The minimum absolute atomic E-state index is 0.0569. The zero-order valence-corrected chi connectivity index (χ0v) is 11.1. The SMILES string of the molecule is CN(C)CCCCC(=O)N(C)C(C)(C)C. The molecule has 0 saturated carbocycles. The van der Waals surface area contributed by atoms with Crippen LogP contribution in [0.3, 0.4) is 0 Å². The van der Waals surface area contributed by atoms with Crippen LogP contribution >= 0.6 is 0 Å². The van der Waals surface area contributed by atoms with E-state index in [1.165, 1.54) is 0 Å². The Labute approximate surface area is 94.4 Å². The van der Waals surface area contributed by atoms with Gasteiger partial charge in [0, 0.05) is 19.0 Å². The number of rotatable bonds is 5. The fourth-order valence-electron chi connectivity index (χ4n) is 1.25. The van der Waals surface area contributed by atoms with Crippen molar-refractivity contribution in [2.75, 3.05) is 27.7 Å². The Balaban J connectivity index is 3.75. The van der Waals surface area contributed by atoms with E-state index in [2.05, 4.69) is 39.8 Å². The molecule has 0 unspecified atom stereocenters. The van der Waals surface area contributed by atoms with Gasteiger partial charge in [0.05, 0.1) is 0 Å². The molecule has 0 N–H and O–H groups in total. The fraction of sp³-hybridized carbons (Fsp3) is 0.917. The van der Waals surface area contributed by atoms with E-state index in [-0.39, 0.29) is 11.4 Å². The molecule has 0 bridgehead atoms. The van der Waals surface area contributed by atoms with E-state index in [1.807, 2.05) is 11.9 Å². The van der Waals surface area contributed by atoms with Gasteiger partial charge in [0.2, 0.25) is 5.91 Å². The van der Waals surface area contributed by atoms with Crippen LogP contribution in [0.2, 0.25) is 0 Å². The molecule has 0 rings (SSSR count). The number of carbonyl (C=O) groups is 1. The summed E-state index contributed by atoms with van der Waals surface area (Å²) in [5.74, 6) is 0.251. The molecule has 0 aromatic carbocycles. The highest BCUT2D eigenvalue weighted by Gasteiger charge is 2.21. The molecule has 0 spiro atoms. The summed E-state index contributed by atoms with van der Waals surface area (Å²) in [6, 6.07) is 0. The smallest absolute Gasteiger partial charge is 0.222 e. The van der Waals surface area contributed by atoms with Crippen LogP contribution in [0.5, 0.6) is 0 Å². The highest BCUT2D eigenvalue weighted by molar-refractivity contribution is 5.76. The van der Waals surface area contributed by atoms with Crippen molar-refractivity contribution in [2.45, 2.75) is 45.6 Å². The summed E-state index contributed by atoms with van der Waals surface area (Å²) in [5.41, 5.74) is -0.0569. The highest BCUT2D eigenvalue weighted by Crippen LogP contribution is 2.12. The predicted octanol–water partition coefficient (Wildman–Crippen LogP) is 1.98. The summed E-state index contributed by atoms with van der Waals surface area (Å²) in [7, 11) is 6.00. The van der Waals surface area contributed by atoms with E-state index >= 15 is 0 Å². The van der Waals surface area contributed by atoms with E-state index in [1.54, 1.807) is 0 Å². The lowest BCUT2D eigenvalue weighted by Crippen LogP contribution is -2.42. The molecule has 1 amide bonds. The fourth-order valence-corrected chi connectivity index (χ4v) is 1.25.